The fourth-order valence-electron chi connectivity index (χ4n) is 1.94. The van der Waals surface area contributed by atoms with Gasteiger partial charge >= 0.3 is 0 Å². The van der Waals surface area contributed by atoms with Crippen molar-refractivity contribution in [2.45, 2.75) is 24.8 Å². The topological polar surface area (TPSA) is 98.5 Å². The number of anilines is 1. The van der Waals surface area contributed by atoms with Crippen molar-refractivity contribution in [1.29, 1.82) is 0 Å². The van der Waals surface area contributed by atoms with Crippen LogP contribution in [-0.2, 0) is 10.0 Å². The van der Waals surface area contributed by atoms with Gasteiger partial charge < -0.3 is 10.1 Å². The van der Waals surface area contributed by atoms with Gasteiger partial charge in [0.25, 0.3) is 5.91 Å². The average molecular weight is 334 g/mol. The zero-order chi connectivity index (χ0) is 17.0. The van der Waals surface area contributed by atoms with Gasteiger partial charge in [0.1, 0.15) is 5.75 Å². The fourth-order valence-corrected chi connectivity index (χ4v) is 2.45. The average Bonchev–Trinajstić information content (AvgIpc) is 2.46. The third-order valence-corrected chi connectivity index (χ3v) is 3.86. The number of carbonyl (C=O) groups excluding carboxylic acids is 1. The number of primary sulfonamides is 1. The number of carbonyl (C=O) groups is 1. The maximum absolute atomic E-state index is 12.4. The molecule has 0 bridgehead atoms. The van der Waals surface area contributed by atoms with Gasteiger partial charge in [-0.05, 0) is 50.2 Å². The molecule has 0 aliphatic rings. The standard InChI is InChI=1S/C16H18N2O4S/c1-11(2)22-15-6-4-3-5-14(15)16(19)18-12-7-9-13(10-8-12)23(17,20)21/h3-11H,1-2H3,(H,18,19)(H2,17,20,21). The van der Waals surface area contributed by atoms with Gasteiger partial charge in [-0.3, -0.25) is 4.79 Å². The Morgan fingerprint density at radius 2 is 1.70 bits per heavy atom. The number of nitrogens with two attached hydrogens (primary N) is 1. The summed E-state index contributed by atoms with van der Waals surface area (Å²) in [6.45, 7) is 3.75. The summed E-state index contributed by atoms with van der Waals surface area (Å²) in [4.78, 5) is 12.3. The summed E-state index contributed by atoms with van der Waals surface area (Å²) in [5.74, 6) is 0.144. The van der Waals surface area contributed by atoms with Crippen LogP contribution in [0.4, 0.5) is 5.69 Å². The van der Waals surface area contributed by atoms with Crippen molar-refractivity contribution in [3.63, 3.8) is 0 Å². The van der Waals surface area contributed by atoms with E-state index in [4.69, 9.17) is 9.88 Å². The molecular weight excluding hydrogens is 316 g/mol. The lowest BCUT2D eigenvalue weighted by Gasteiger charge is -2.14. The van der Waals surface area contributed by atoms with Gasteiger partial charge in [0.2, 0.25) is 10.0 Å². The van der Waals surface area contributed by atoms with Gasteiger partial charge in [0, 0.05) is 5.69 Å². The second-order valence-electron chi connectivity index (χ2n) is 5.19. The smallest absolute Gasteiger partial charge is 0.259 e. The number of hydrogen-bond donors (Lipinski definition) is 2. The van der Waals surface area contributed by atoms with E-state index in [1.54, 1.807) is 24.3 Å². The summed E-state index contributed by atoms with van der Waals surface area (Å²) >= 11 is 0. The van der Waals surface area contributed by atoms with E-state index in [0.717, 1.165) is 0 Å². The van der Waals surface area contributed by atoms with Crippen LogP contribution < -0.4 is 15.2 Å². The molecule has 1 amide bonds. The molecule has 6 nitrogen and oxygen atoms in total. The highest BCUT2D eigenvalue weighted by Gasteiger charge is 2.14. The molecule has 0 saturated carbocycles. The largest absolute Gasteiger partial charge is 0.490 e. The molecule has 0 saturated heterocycles. The van der Waals surface area contributed by atoms with E-state index in [0.29, 0.717) is 17.0 Å². The van der Waals surface area contributed by atoms with Crippen molar-refractivity contribution in [1.82, 2.24) is 0 Å². The molecule has 0 atom stereocenters. The van der Waals surface area contributed by atoms with Crippen molar-refractivity contribution in [3.8, 4) is 5.75 Å². The molecule has 0 aliphatic heterocycles. The number of rotatable bonds is 5. The molecule has 0 fully saturated rings. The van der Waals surface area contributed by atoms with Crippen LogP contribution in [0.5, 0.6) is 5.75 Å². The number of amides is 1. The molecule has 7 heteroatoms. The maximum Gasteiger partial charge on any atom is 0.259 e. The van der Waals surface area contributed by atoms with E-state index >= 15 is 0 Å². The van der Waals surface area contributed by atoms with Crippen LogP contribution in [0.2, 0.25) is 0 Å². The van der Waals surface area contributed by atoms with Crippen molar-refractivity contribution in [2.75, 3.05) is 5.32 Å². The summed E-state index contributed by atoms with van der Waals surface area (Å²) < 4.78 is 28.0. The van der Waals surface area contributed by atoms with E-state index in [1.807, 2.05) is 13.8 Å². The van der Waals surface area contributed by atoms with Gasteiger partial charge in [-0.25, -0.2) is 13.6 Å². The lowest BCUT2D eigenvalue weighted by Crippen LogP contribution is -2.16. The van der Waals surface area contributed by atoms with Gasteiger partial charge in [-0.15, -0.1) is 0 Å². The summed E-state index contributed by atoms with van der Waals surface area (Å²) in [5.41, 5.74) is 0.860. The lowest BCUT2D eigenvalue weighted by molar-refractivity contribution is 0.102. The summed E-state index contributed by atoms with van der Waals surface area (Å²) in [6.07, 6.45) is -0.0574. The van der Waals surface area contributed by atoms with Gasteiger partial charge in [-0.2, -0.15) is 0 Å². The van der Waals surface area contributed by atoms with Crippen LogP contribution >= 0.6 is 0 Å². The zero-order valence-corrected chi connectivity index (χ0v) is 13.6. The number of ether oxygens (including phenoxy) is 1. The second-order valence-corrected chi connectivity index (χ2v) is 6.75. The van der Waals surface area contributed by atoms with Crippen molar-refractivity contribution in [3.05, 3.63) is 54.1 Å². The Labute approximate surface area is 135 Å². The van der Waals surface area contributed by atoms with E-state index in [1.165, 1.54) is 24.3 Å². The van der Waals surface area contributed by atoms with Crippen LogP contribution in [0.25, 0.3) is 0 Å². The van der Waals surface area contributed by atoms with Crippen molar-refractivity contribution >= 4 is 21.6 Å². The first kappa shape index (κ1) is 17.0. The molecule has 2 rings (SSSR count). The Morgan fingerprint density at radius 3 is 2.26 bits per heavy atom. The van der Waals surface area contributed by atoms with Crippen LogP contribution in [-0.4, -0.2) is 20.4 Å². The molecule has 2 aromatic carbocycles. The Bertz CT molecular complexity index is 799. The van der Waals surface area contributed by atoms with Crippen LogP contribution in [0, 0.1) is 0 Å². The summed E-state index contributed by atoms with van der Waals surface area (Å²) in [5, 5.41) is 7.73. The quantitative estimate of drug-likeness (QED) is 0.877. The zero-order valence-electron chi connectivity index (χ0n) is 12.8. The highest BCUT2D eigenvalue weighted by molar-refractivity contribution is 7.89. The number of para-hydroxylation sites is 1. The van der Waals surface area contributed by atoms with Crippen LogP contribution in [0.15, 0.2) is 53.4 Å². The minimum absolute atomic E-state index is 0.0148. The number of hydrogen-bond acceptors (Lipinski definition) is 4. The predicted octanol–water partition coefficient (Wildman–Crippen LogP) is 2.37. The Hall–Kier alpha value is -2.38. The number of sulfonamides is 1. The van der Waals surface area contributed by atoms with E-state index in [2.05, 4.69) is 5.32 Å². The van der Waals surface area contributed by atoms with E-state index < -0.39 is 10.0 Å². The molecule has 3 N–H and O–H groups in total. The molecule has 0 aliphatic carbocycles. The van der Waals surface area contributed by atoms with E-state index in [9.17, 15) is 13.2 Å². The number of nitrogens with one attached hydrogen (secondary N) is 1. The molecule has 122 valence electrons. The highest BCUT2D eigenvalue weighted by Crippen LogP contribution is 2.21. The lowest BCUT2D eigenvalue weighted by atomic mass is 10.1. The van der Waals surface area contributed by atoms with E-state index in [-0.39, 0.29) is 16.9 Å². The first-order chi connectivity index (χ1) is 10.8. The van der Waals surface area contributed by atoms with Crippen molar-refractivity contribution in [2.24, 2.45) is 5.14 Å². The molecule has 0 spiro atoms. The Morgan fingerprint density at radius 1 is 1.09 bits per heavy atom. The predicted molar refractivity (Wildman–Crippen MR) is 88.0 cm³/mol. The third kappa shape index (κ3) is 4.54. The maximum atomic E-state index is 12.4. The number of benzene rings is 2. The molecule has 0 heterocycles. The van der Waals surface area contributed by atoms with Crippen LogP contribution in [0.1, 0.15) is 24.2 Å². The fraction of sp³-hybridized carbons (Fsp3) is 0.188. The third-order valence-electron chi connectivity index (χ3n) is 2.94. The molecule has 2 aromatic rings. The summed E-state index contributed by atoms with van der Waals surface area (Å²) in [7, 11) is -3.75. The Balaban J connectivity index is 2.20. The SMILES string of the molecule is CC(C)Oc1ccccc1C(=O)Nc1ccc(S(N)(=O)=O)cc1. The molecular formula is C16H18N2O4S. The molecule has 0 unspecified atom stereocenters. The van der Waals surface area contributed by atoms with Gasteiger partial charge in [0.15, 0.2) is 0 Å². The minimum Gasteiger partial charge on any atom is -0.490 e. The first-order valence-corrected chi connectivity index (χ1v) is 8.52. The minimum atomic E-state index is -3.75. The normalized spacial score (nSPS) is 11.3. The van der Waals surface area contributed by atoms with Crippen molar-refractivity contribution < 1.29 is 17.9 Å². The van der Waals surface area contributed by atoms with Crippen LogP contribution in [0.3, 0.4) is 0 Å². The highest BCUT2D eigenvalue weighted by atomic mass is 32.2. The Kier molecular flexibility index (Phi) is 5.02. The monoisotopic (exact) mass is 334 g/mol. The molecule has 0 aromatic heterocycles. The second kappa shape index (κ2) is 6.80. The molecule has 0 radical (unpaired) electrons. The summed E-state index contributed by atoms with van der Waals surface area (Å²) in [6, 6.07) is 12.5. The first-order valence-electron chi connectivity index (χ1n) is 6.97. The van der Waals surface area contributed by atoms with Gasteiger partial charge in [-0.1, -0.05) is 12.1 Å². The molecule has 23 heavy (non-hydrogen) atoms. The van der Waals surface area contributed by atoms with Gasteiger partial charge in [0.05, 0.1) is 16.6 Å².